The molecule has 4 rings (SSSR count). The van der Waals surface area contributed by atoms with E-state index in [1.54, 1.807) is 18.3 Å². The van der Waals surface area contributed by atoms with Crippen LogP contribution in [0, 0.1) is 0 Å². The first kappa shape index (κ1) is 24.9. The number of hydrogen-bond acceptors (Lipinski definition) is 7. The number of carbonyl (C=O) groups excluding carboxylic acids is 1. The lowest BCUT2D eigenvalue weighted by Gasteiger charge is -2.36. The number of ether oxygens (including phenoxy) is 2. The molecule has 0 bridgehead atoms. The summed E-state index contributed by atoms with van der Waals surface area (Å²) >= 11 is 1.33. The number of aromatic carboxylic acids is 1. The van der Waals surface area contributed by atoms with Crippen molar-refractivity contribution in [3.05, 3.63) is 89.1 Å². The Hall–Kier alpha value is -3.24. The minimum absolute atomic E-state index is 0.0390. The van der Waals surface area contributed by atoms with Crippen LogP contribution in [0.1, 0.15) is 52.8 Å². The summed E-state index contributed by atoms with van der Waals surface area (Å²) in [5, 5.41) is 22.0. The van der Waals surface area contributed by atoms with Crippen LogP contribution in [-0.4, -0.2) is 38.9 Å². The van der Waals surface area contributed by atoms with Gasteiger partial charge < -0.3 is 25.0 Å². The molecule has 0 radical (unpaired) electrons. The van der Waals surface area contributed by atoms with Gasteiger partial charge in [-0.3, -0.25) is 4.79 Å². The molecule has 3 N–H and O–H groups in total. The molecule has 0 aliphatic carbocycles. The maximum atomic E-state index is 11.6. The first-order valence-corrected chi connectivity index (χ1v) is 12.1. The Morgan fingerprint density at radius 1 is 1.09 bits per heavy atom. The zero-order valence-corrected chi connectivity index (χ0v) is 19.9. The van der Waals surface area contributed by atoms with Crippen LogP contribution in [0.15, 0.2) is 71.9 Å². The van der Waals surface area contributed by atoms with Gasteiger partial charge in [0.2, 0.25) is 5.91 Å². The quantitative estimate of drug-likeness (QED) is 0.390. The highest BCUT2D eigenvalue weighted by molar-refractivity contribution is 7.99. The van der Waals surface area contributed by atoms with E-state index in [2.05, 4.69) is 10.3 Å². The Balaban J connectivity index is 1.57. The van der Waals surface area contributed by atoms with Crippen molar-refractivity contribution < 1.29 is 29.3 Å². The summed E-state index contributed by atoms with van der Waals surface area (Å²) in [7, 11) is 0. The van der Waals surface area contributed by atoms with Gasteiger partial charge in [-0.05, 0) is 35.4 Å². The van der Waals surface area contributed by atoms with Crippen LogP contribution < -0.4 is 5.32 Å². The molecule has 1 fully saturated rings. The molecule has 1 aliphatic rings. The van der Waals surface area contributed by atoms with Crippen LogP contribution in [0.4, 0.5) is 5.69 Å². The Morgan fingerprint density at radius 2 is 1.89 bits per heavy atom. The summed E-state index contributed by atoms with van der Waals surface area (Å²) in [5.41, 5.74) is 3.31. The molecule has 9 heteroatoms. The van der Waals surface area contributed by atoms with Gasteiger partial charge in [-0.15, -0.1) is 11.8 Å². The summed E-state index contributed by atoms with van der Waals surface area (Å²) in [5.74, 6) is -0.718. The summed E-state index contributed by atoms with van der Waals surface area (Å²) in [6.45, 7) is 1.41. The van der Waals surface area contributed by atoms with Crippen molar-refractivity contribution >= 4 is 29.3 Å². The molecular weight excluding hydrogens is 468 g/mol. The molecule has 1 aromatic heterocycles. The van der Waals surface area contributed by atoms with Crippen molar-refractivity contribution in [2.75, 3.05) is 11.1 Å². The fourth-order valence-electron chi connectivity index (χ4n) is 3.83. The lowest BCUT2D eigenvalue weighted by Crippen LogP contribution is -2.31. The minimum atomic E-state index is -1.02. The van der Waals surface area contributed by atoms with Crippen molar-refractivity contribution in [3.8, 4) is 0 Å². The smallest absolute Gasteiger partial charge is 0.338 e. The van der Waals surface area contributed by atoms with E-state index in [4.69, 9.17) is 9.47 Å². The summed E-state index contributed by atoms with van der Waals surface area (Å²) < 4.78 is 12.6. The lowest BCUT2D eigenvalue weighted by molar-refractivity contribution is -0.245. The van der Waals surface area contributed by atoms with E-state index in [1.807, 2.05) is 42.5 Å². The fraction of sp³-hybridized carbons (Fsp3) is 0.269. The number of carbonyl (C=O) groups is 2. The molecule has 0 saturated carbocycles. The molecule has 1 saturated heterocycles. The first-order valence-electron chi connectivity index (χ1n) is 11.1. The van der Waals surface area contributed by atoms with Gasteiger partial charge in [-0.25, -0.2) is 9.78 Å². The molecule has 182 valence electrons. The number of benzene rings is 2. The van der Waals surface area contributed by atoms with Crippen LogP contribution in [0.25, 0.3) is 0 Å². The number of anilines is 1. The number of carboxylic acid groups (broad SMARTS) is 1. The number of aliphatic hydroxyl groups is 1. The number of hydrogen-bond donors (Lipinski definition) is 3. The summed E-state index contributed by atoms with van der Waals surface area (Å²) in [6, 6.07) is 18.0. The van der Waals surface area contributed by atoms with Crippen LogP contribution in [0.3, 0.4) is 0 Å². The average molecular weight is 495 g/mol. The van der Waals surface area contributed by atoms with E-state index < -0.39 is 12.3 Å². The standard InChI is InChI=1S/C26H26N2O6S/c1-16(30)28-20-5-2-4-19(12-20)26-33-21(15-35-24-22(25(31)32)6-3-11-27-24)13-23(34-26)18-9-7-17(14-29)8-10-18/h2-12,21,23,26,29H,13-15H2,1H3,(H,28,30)(H,31,32)/t21-,23+,26+/m0/s1. The first-order chi connectivity index (χ1) is 16.9. The van der Waals surface area contributed by atoms with Crippen molar-refractivity contribution in [3.63, 3.8) is 0 Å². The predicted molar refractivity (Wildman–Crippen MR) is 131 cm³/mol. The second-order valence-electron chi connectivity index (χ2n) is 8.13. The van der Waals surface area contributed by atoms with Crippen LogP contribution in [0.2, 0.25) is 0 Å². The van der Waals surface area contributed by atoms with Gasteiger partial charge >= 0.3 is 5.97 Å². The summed E-state index contributed by atoms with van der Waals surface area (Å²) in [6.07, 6.45) is 0.908. The van der Waals surface area contributed by atoms with Crippen molar-refractivity contribution in [2.45, 2.75) is 43.5 Å². The van der Waals surface area contributed by atoms with Gasteiger partial charge in [-0.2, -0.15) is 0 Å². The number of pyridine rings is 1. The monoisotopic (exact) mass is 494 g/mol. The predicted octanol–water partition coefficient (Wildman–Crippen LogP) is 4.57. The molecule has 3 atom stereocenters. The number of carboxylic acids is 1. The molecule has 0 spiro atoms. The van der Waals surface area contributed by atoms with Gasteiger partial charge in [0.05, 0.1) is 24.4 Å². The maximum Gasteiger partial charge on any atom is 0.338 e. The number of amides is 1. The Bertz CT molecular complexity index is 1190. The van der Waals surface area contributed by atoms with Crippen molar-refractivity contribution in [2.24, 2.45) is 0 Å². The van der Waals surface area contributed by atoms with Gasteiger partial charge in [0.15, 0.2) is 6.29 Å². The summed E-state index contributed by atoms with van der Waals surface area (Å²) in [4.78, 5) is 27.3. The Kier molecular flexibility index (Phi) is 8.14. The zero-order chi connectivity index (χ0) is 24.8. The third kappa shape index (κ3) is 6.46. The fourth-order valence-corrected chi connectivity index (χ4v) is 4.83. The highest BCUT2D eigenvalue weighted by Crippen LogP contribution is 2.40. The molecule has 8 nitrogen and oxygen atoms in total. The Morgan fingerprint density at radius 3 is 2.60 bits per heavy atom. The van der Waals surface area contributed by atoms with E-state index in [9.17, 15) is 19.8 Å². The molecule has 0 unspecified atom stereocenters. The number of nitrogens with one attached hydrogen (secondary N) is 1. The molecule has 2 aromatic carbocycles. The number of nitrogens with zero attached hydrogens (tertiary/aromatic N) is 1. The molecule has 1 aliphatic heterocycles. The van der Waals surface area contributed by atoms with E-state index in [0.29, 0.717) is 22.9 Å². The van der Waals surface area contributed by atoms with Crippen molar-refractivity contribution in [1.82, 2.24) is 4.98 Å². The lowest BCUT2D eigenvalue weighted by atomic mass is 10.0. The van der Waals surface area contributed by atoms with Gasteiger partial charge in [0.1, 0.15) is 5.03 Å². The number of aromatic nitrogens is 1. The van der Waals surface area contributed by atoms with Gasteiger partial charge in [0, 0.05) is 36.5 Å². The number of thioether (sulfide) groups is 1. The zero-order valence-electron chi connectivity index (χ0n) is 19.1. The number of rotatable bonds is 8. The van der Waals surface area contributed by atoms with Gasteiger partial charge in [-0.1, -0.05) is 36.4 Å². The van der Waals surface area contributed by atoms with Crippen LogP contribution >= 0.6 is 11.8 Å². The highest BCUT2D eigenvalue weighted by Gasteiger charge is 2.32. The third-order valence-corrected chi connectivity index (χ3v) is 6.64. The third-order valence-electron chi connectivity index (χ3n) is 5.50. The topological polar surface area (TPSA) is 118 Å². The van der Waals surface area contributed by atoms with E-state index in [-0.39, 0.29) is 30.3 Å². The minimum Gasteiger partial charge on any atom is -0.478 e. The van der Waals surface area contributed by atoms with E-state index in [0.717, 1.165) is 16.7 Å². The largest absolute Gasteiger partial charge is 0.478 e. The van der Waals surface area contributed by atoms with Crippen LogP contribution in [-0.2, 0) is 20.9 Å². The Labute approximate surface area is 207 Å². The second kappa shape index (κ2) is 11.5. The van der Waals surface area contributed by atoms with Crippen LogP contribution in [0.5, 0.6) is 0 Å². The second-order valence-corrected chi connectivity index (χ2v) is 9.14. The van der Waals surface area contributed by atoms with Gasteiger partial charge in [0.25, 0.3) is 0 Å². The highest BCUT2D eigenvalue weighted by atomic mass is 32.2. The maximum absolute atomic E-state index is 11.6. The van der Waals surface area contributed by atoms with Crippen molar-refractivity contribution in [1.29, 1.82) is 0 Å². The molecule has 3 aromatic rings. The number of aliphatic hydroxyl groups excluding tert-OH is 1. The van der Waals surface area contributed by atoms with E-state index in [1.165, 1.54) is 24.8 Å². The molecular formula is C26H26N2O6S. The normalized spacial score (nSPS) is 19.8. The molecule has 35 heavy (non-hydrogen) atoms. The molecule has 1 amide bonds. The average Bonchev–Trinajstić information content (AvgIpc) is 2.87. The van der Waals surface area contributed by atoms with E-state index >= 15 is 0 Å². The molecule has 2 heterocycles. The SMILES string of the molecule is CC(=O)Nc1cccc([C@@H]2O[C@H](CSc3ncccc3C(=O)O)C[C@H](c3ccc(CO)cc3)O2)c1.